The second kappa shape index (κ2) is 5.78. The topological polar surface area (TPSA) is 50.8 Å². The van der Waals surface area contributed by atoms with Crippen LogP contribution in [0.5, 0.6) is 0 Å². The molecule has 1 heterocycles. The molecule has 1 aromatic carbocycles. The highest BCUT2D eigenvalue weighted by Gasteiger charge is 2.13. The molecule has 20 heavy (non-hydrogen) atoms. The van der Waals surface area contributed by atoms with E-state index >= 15 is 0 Å². The van der Waals surface area contributed by atoms with Crippen LogP contribution in [0.3, 0.4) is 0 Å². The van der Waals surface area contributed by atoms with Crippen LogP contribution in [0.15, 0.2) is 18.2 Å². The fourth-order valence-electron chi connectivity index (χ4n) is 1.99. The van der Waals surface area contributed by atoms with Gasteiger partial charge in [0.25, 0.3) is 0 Å². The van der Waals surface area contributed by atoms with E-state index in [4.69, 9.17) is 10.00 Å². The highest BCUT2D eigenvalue weighted by Crippen LogP contribution is 2.19. The van der Waals surface area contributed by atoms with Crippen LogP contribution in [0.1, 0.15) is 11.3 Å². The molecule has 4 nitrogen and oxygen atoms in total. The fraction of sp³-hybridized carbons (Fsp3) is 0.467. The monoisotopic (exact) mass is 287 g/mol. The third kappa shape index (κ3) is 3.47. The maximum Gasteiger partial charge on any atom is 0.170 e. The number of ether oxygens (including phenoxy) is 1. The second-order valence-electron chi connectivity index (χ2n) is 6.33. The van der Waals surface area contributed by atoms with E-state index in [1.165, 1.54) is 0 Å². The SMILES string of the molecule is Cc1ccc2c(C#N)nn(COCC[Si](C)(C)C)c2c1. The summed E-state index contributed by atoms with van der Waals surface area (Å²) in [6.07, 6.45) is 0. The quantitative estimate of drug-likeness (QED) is 0.624. The van der Waals surface area contributed by atoms with E-state index in [9.17, 15) is 0 Å². The van der Waals surface area contributed by atoms with Crippen molar-refractivity contribution in [1.29, 1.82) is 5.26 Å². The minimum Gasteiger partial charge on any atom is -0.360 e. The van der Waals surface area contributed by atoms with Crippen molar-refractivity contribution in [3.63, 3.8) is 0 Å². The number of aryl methyl sites for hydroxylation is 1. The minimum atomic E-state index is -1.07. The molecule has 0 bridgehead atoms. The van der Waals surface area contributed by atoms with Crippen molar-refractivity contribution >= 4 is 19.0 Å². The third-order valence-electron chi connectivity index (χ3n) is 3.22. The number of nitrogens with zero attached hydrogens (tertiary/aromatic N) is 3. The van der Waals surface area contributed by atoms with Crippen molar-refractivity contribution in [2.45, 2.75) is 39.3 Å². The predicted molar refractivity (Wildman–Crippen MR) is 83.3 cm³/mol. The number of hydrogen-bond donors (Lipinski definition) is 0. The molecule has 2 rings (SSSR count). The van der Waals surface area contributed by atoms with Crippen molar-refractivity contribution in [3.8, 4) is 6.07 Å². The van der Waals surface area contributed by atoms with Gasteiger partial charge in [0.2, 0.25) is 0 Å². The first-order valence-electron chi connectivity index (χ1n) is 6.86. The van der Waals surface area contributed by atoms with Gasteiger partial charge in [-0.3, -0.25) is 0 Å². The van der Waals surface area contributed by atoms with Gasteiger partial charge in [0.15, 0.2) is 5.69 Å². The lowest BCUT2D eigenvalue weighted by Gasteiger charge is -2.15. The molecule has 0 aliphatic rings. The first-order chi connectivity index (χ1) is 9.40. The summed E-state index contributed by atoms with van der Waals surface area (Å²) in [6, 6.07) is 9.28. The van der Waals surface area contributed by atoms with Crippen LogP contribution >= 0.6 is 0 Å². The summed E-state index contributed by atoms with van der Waals surface area (Å²) >= 11 is 0. The molecule has 1 aromatic heterocycles. The fourth-order valence-corrected chi connectivity index (χ4v) is 2.75. The first kappa shape index (κ1) is 14.8. The highest BCUT2D eigenvalue weighted by molar-refractivity contribution is 6.76. The summed E-state index contributed by atoms with van der Waals surface area (Å²) in [4.78, 5) is 0. The van der Waals surface area contributed by atoms with Crippen LogP contribution in [0.25, 0.3) is 10.9 Å². The van der Waals surface area contributed by atoms with Crippen molar-refractivity contribution in [1.82, 2.24) is 9.78 Å². The van der Waals surface area contributed by atoms with Crippen LogP contribution in [-0.2, 0) is 11.5 Å². The summed E-state index contributed by atoms with van der Waals surface area (Å²) in [6.45, 7) is 10.2. The minimum absolute atomic E-state index is 0.409. The molecule has 0 aliphatic heterocycles. The molecule has 0 unspecified atom stereocenters. The van der Waals surface area contributed by atoms with Gasteiger partial charge in [-0.15, -0.1) is 0 Å². The molecule has 106 valence electrons. The van der Waals surface area contributed by atoms with Gasteiger partial charge in [0.1, 0.15) is 12.8 Å². The van der Waals surface area contributed by atoms with E-state index in [-0.39, 0.29) is 0 Å². The van der Waals surface area contributed by atoms with Gasteiger partial charge in [-0.2, -0.15) is 10.4 Å². The van der Waals surface area contributed by atoms with Gasteiger partial charge in [-0.05, 0) is 30.7 Å². The number of aromatic nitrogens is 2. The maximum absolute atomic E-state index is 9.14. The maximum atomic E-state index is 9.14. The molecule has 0 atom stereocenters. The standard InChI is InChI=1S/C15H21N3OSi/c1-12-5-6-13-14(10-16)17-18(15(13)9-12)11-19-7-8-20(2,3)4/h5-6,9H,7-8,11H2,1-4H3. The van der Waals surface area contributed by atoms with Gasteiger partial charge in [-0.1, -0.05) is 25.7 Å². The summed E-state index contributed by atoms with van der Waals surface area (Å²) < 4.78 is 7.51. The zero-order chi connectivity index (χ0) is 14.8. The number of hydrogen-bond acceptors (Lipinski definition) is 3. The van der Waals surface area contributed by atoms with E-state index < -0.39 is 8.07 Å². The Morgan fingerprint density at radius 2 is 2.10 bits per heavy atom. The zero-order valence-electron chi connectivity index (χ0n) is 12.6. The van der Waals surface area contributed by atoms with Gasteiger partial charge in [0, 0.05) is 20.1 Å². The largest absolute Gasteiger partial charge is 0.360 e. The molecule has 0 saturated carbocycles. The predicted octanol–water partition coefficient (Wildman–Crippen LogP) is 3.53. The van der Waals surface area contributed by atoms with Crippen LogP contribution < -0.4 is 0 Å². The van der Waals surface area contributed by atoms with Gasteiger partial charge in [0.05, 0.1) is 5.52 Å². The highest BCUT2D eigenvalue weighted by atomic mass is 28.3. The smallest absolute Gasteiger partial charge is 0.170 e. The average molecular weight is 287 g/mol. The Hall–Kier alpha value is -1.64. The first-order valence-corrected chi connectivity index (χ1v) is 10.6. The summed E-state index contributed by atoms with van der Waals surface area (Å²) in [5, 5.41) is 14.4. The molecule has 0 aliphatic carbocycles. The zero-order valence-corrected chi connectivity index (χ0v) is 13.6. The normalized spacial score (nSPS) is 11.8. The lowest BCUT2D eigenvalue weighted by molar-refractivity contribution is 0.0816. The van der Waals surface area contributed by atoms with Crippen molar-refractivity contribution in [2.24, 2.45) is 0 Å². The third-order valence-corrected chi connectivity index (χ3v) is 4.93. The molecule has 0 fully saturated rings. The molecule has 0 radical (unpaired) electrons. The van der Waals surface area contributed by atoms with Crippen molar-refractivity contribution in [2.75, 3.05) is 6.61 Å². The molecule has 0 amide bonds. The molecular weight excluding hydrogens is 266 g/mol. The Morgan fingerprint density at radius 1 is 1.35 bits per heavy atom. The Bertz CT molecular complexity index is 649. The Morgan fingerprint density at radius 3 is 2.75 bits per heavy atom. The Kier molecular flexibility index (Phi) is 4.26. The molecule has 0 spiro atoms. The van der Waals surface area contributed by atoms with Crippen LogP contribution in [0, 0.1) is 18.3 Å². The van der Waals surface area contributed by atoms with E-state index in [0.29, 0.717) is 12.4 Å². The second-order valence-corrected chi connectivity index (χ2v) is 11.9. The van der Waals surface area contributed by atoms with Gasteiger partial charge < -0.3 is 4.74 Å². The van der Waals surface area contributed by atoms with Crippen molar-refractivity contribution < 1.29 is 4.74 Å². The van der Waals surface area contributed by atoms with E-state index in [2.05, 4.69) is 30.8 Å². The van der Waals surface area contributed by atoms with Crippen LogP contribution in [0.4, 0.5) is 0 Å². The Balaban J connectivity index is 2.14. The summed E-state index contributed by atoms with van der Waals surface area (Å²) in [5.74, 6) is 0. The Labute approximate surface area is 121 Å². The number of nitriles is 1. The van der Waals surface area contributed by atoms with E-state index in [0.717, 1.165) is 29.1 Å². The van der Waals surface area contributed by atoms with E-state index in [1.807, 2.05) is 25.1 Å². The lowest BCUT2D eigenvalue weighted by Crippen LogP contribution is -2.22. The van der Waals surface area contributed by atoms with E-state index in [1.54, 1.807) is 4.68 Å². The number of benzene rings is 1. The van der Waals surface area contributed by atoms with Gasteiger partial charge in [-0.25, -0.2) is 4.68 Å². The lowest BCUT2D eigenvalue weighted by atomic mass is 10.1. The number of rotatable bonds is 5. The summed E-state index contributed by atoms with van der Waals surface area (Å²) in [7, 11) is -1.07. The average Bonchev–Trinajstić information content (AvgIpc) is 2.71. The summed E-state index contributed by atoms with van der Waals surface area (Å²) in [5.41, 5.74) is 2.59. The van der Waals surface area contributed by atoms with Crippen molar-refractivity contribution in [3.05, 3.63) is 29.5 Å². The molecule has 2 aromatic rings. The van der Waals surface area contributed by atoms with Crippen LogP contribution in [0.2, 0.25) is 25.7 Å². The molecule has 5 heteroatoms. The van der Waals surface area contributed by atoms with Gasteiger partial charge >= 0.3 is 0 Å². The van der Waals surface area contributed by atoms with Crippen LogP contribution in [-0.4, -0.2) is 24.5 Å². The molecule has 0 saturated heterocycles. The molecular formula is C15H21N3OSi. The molecule has 0 N–H and O–H groups in total. The number of fused-ring (bicyclic) bond motifs is 1.